The highest BCUT2D eigenvalue weighted by molar-refractivity contribution is 6.33. The highest BCUT2D eigenvalue weighted by Gasteiger charge is 2.31. The summed E-state index contributed by atoms with van der Waals surface area (Å²) in [7, 11) is 1.56. The number of nitrogens with two attached hydrogens (primary N) is 1. The summed E-state index contributed by atoms with van der Waals surface area (Å²) >= 11 is 5.86. The lowest BCUT2D eigenvalue weighted by Crippen LogP contribution is -2.36. The molecule has 21 heavy (non-hydrogen) atoms. The molecule has 0 aliphatic carbocycles. The van der Waals surface area contributed by atoms with E-state index in [0.717, 1.165) is 18.2 Å². The Morgan fingerprint density at radius 3 is 2.71 bits per heavy atom. The number of hydrogen-bond acceptors (Lipinski definition) is 3. The molecule has 0 amide bonds. The molecule has 4 N–H and O–H groups in total. The summed E-state index contributed by atoms with van der Waals surface area (Å²) < 4.78 is 42.8. The first-order valence-electron chi connectivity index (χ1n) is 6.02. The van der Waals surface area contributed by atoms with Crippen molar-refractivity contribution < 1.29 is 17.9 Å². The van der Waals surface area contributed by atoms with Crippen molar-refractivity contribution in [2.75, 3.05) is 25.6 Å². The molecule has 0 saturated carbocycles. The largest absolute Gasteiger partial charge is 0.416 e. The number of rotatable bonds is 5. The first kappa shape index (κ1) is 17.5. The third-order valence-electron chi connectivity index (χ3n) is 2.46. The first-order chi connectivity index (χ1) is 9.88. The van der Waals surface area contributed by atoms with Crippen molar-refractivity contribution in [3.05, 3.63) is 28.8 Å². The van der Waals surface area contributed by atoms with Gasteiger partial charge in [-0.2, -0.15) is 13.2 Å². The van der Waals surface area contributed by atoms with Crippen LogP contribution in [0.1, 0.15) is 12.0 Å². The Kier molecular flexibility index (Phi) is 6.73. The molecule has 5 nitrogen and oxygen atoms in total. The van der Waals surface area contributed by atoms with Crippen LogP contribution in [-0.4, -0.2) is 26.2 Å². The van der Waals surface area contributed by atoms with Gasteiger partial charge in [0.2, 0.25) is 5.96 Å². The molecular weight excluding hydrogens is 309 g/mol. The van der Waals surface area contributed by atoms with Crippen LogP contribution < -0.4 is 16.6 Å². The fraction of sp³-hybridized carbons (Fsp3) is 0.417. The Morgan fingerprint density at radius 1 is 1.43 bits per heavy atom. The summed E-state index contributed by atoms with van der Waals surface area (Å²) in [5.74, 6) is 5.39. The van der Waals surface area contributed by atoms with Gasteiger partial charge in [0, 0.05) is 20.3 Å². The van der Waals surface area contributed by atoms with Gasteiger partial charge in [0.25, 0.3) is 0 Å². The van der Waals surface area contributed by atoms with Crippen molar-refractivity contribution in [3.8, 4) is 0 Å². The Morgan fingerprint density at radius 2 is 2.14 bits per heavy atom. The van der Waals surface area contributed by atoms with E-state index in [2.05, 4.69) is 15.7 Å². The molecule has 0 spiro atoms. The summed E-state index contributed by atoms with van der Waals surface area (Å²) in [4.78, 5) is 4.06. The molecule has 0 unspecified atom stereocenters. The molecule has 0 aliphatic rings. The number of aliphatic imine (C=N–C) groups is 1. The van der Waals surface area contributed by atoms with Gasteiger partial charge in [-0.1, -0.05) is 11.6 Å². The van der Waals surface area contributed by atoms with Gasteiger partial charge in [0.05, 0.1) is 16.3 Å². The van der Waals surface area contributed by atoms with Gasteiger partial charge >= 0.3 is 6.18 Å². The molecule has 0 aromatic heterocycles. The van der Waals surface area contributed by atoms with Crippen molar-refractivity contribution >= 4 is 23.2 Å². The van der Waals surface area contributed by atoms with Crippen LogP contribution in [0.3, 0.4) is 0 Å². The molecule has 0 atom stereocenters. The van der Waals surface area contributed by atoms with E-state index in [-0.39, 0.29) is 16.7 Å². The van der Waals surface area contributed by atoms with Gasteiger partial charge in [-0.3, -0.25) is 10.4 Å². The zero-order chi connectivity index (χ0) is 15.9. The van der Waals surface area contributed by atoms with Crippen LogP contribution in [0.4, 0.5) is 18.9 Å². The Balaban J connectivity index is 2.84. The second-order valence-electron chi connectivity index (χ2n) is 4.04. The number of nitrogens with zero attached hydrogens (tertiary/aromatic N) is 1. The van der Waals surface area contributed by atoms with Crippen molar-refractivity contribution in [3.63, 3.8) is 0 Å². The molecule has 0 radical (unpaired) electrons. The van der Waals surface area contributed by atoms with E-state index in [1.165, 1.54) is 0 Å². The van der Waals surface area contributed by atoms with Crippen LogP contribution in [0.15, 0.2) is 23.2 Å². The maximum absolute atomic E-state index is 12.7. The average molecular weight is 325 g/mol. The second-order valence-corrected chi connectivity index (χ2v) is 4.45. The van der Waals surface area contributed by atoms with Crippen LogP contribution >= 0.6 is 11.6 Å². The van der Waals surface area contributed by atoms with Gasteiger partial charge in [0.1, 0.15) is 0 Å². The molecule has 1 aromatic rings. The Labute approximate surface area is 125 Å². The highest BCUT2D eigenvalue weighted by atomic mass is 35.5. The van der Waals surface area contributed by atoms with E-state index < -0.39 is 11.7 Å². The summed E-state index contributed by atoms with van der Waals surface area (Å²) in [6, 6.07) is 2.95. The number of hydrogen-bond donors (Lipinski definition) is 3. The number of halogens is 4. The molecule has 1 rings (SSSR count). The highest BCUT2D eigenvalue weighted by Crippen LogP contribution is 2.33. The Hall–Kier alpha value is -1.51. The fourth-order valence-corrected chi connectivity index (χ4v) is 1.61. The quantitative estimate of drug-likeness (QED) is 0.256. The number of guanidine groups is 1. The van der Waals surface area contributed by atoms with Crippen LogP contribution in [-0.2, 0) is 10.9 Å². The van der Waals surface area contributed by atoms with Gasteiger partial charge in [0.15, 0.2) is 0 Å². The molecule has 0 heterocycles. The van der Waals surface area contributed by atoms with Crippen LogP contribution in [0.25, 0.3) is 0 Å². The van der Waals surface area contributed by atoms with Crippen LogP contribution in [0.2, 0.25) is 5.02 Å². The molecule has 0 bridgehead atoms. The van der Waals surface area contributed by atoms with Crippen molar-refractivity contribution in [2.45, 2.75) is 12.6 Å². The SMILES string of the molecule is COCCCN=C(NN)Nc1cc(C(F)(F)F)ccc1Cl. The lowest BCUT2D eigenvalue weighted by Gasteiger charge is -2.13. The summed E-state index contributed by atoms with van der Waals surface area (Å²) in [6.07, 6.45) is -3.80. The minimum absolute atomic E-state index is 0.0648. The minimum atomic E-state index is -4.45. The van der Waals surface area contributed by atoms with Crippen molar-refractivity contribution in [2.24, 2.45) is 10.8 Å². The zero-order valence-corrected chi connectivity index (χ0v) is 12.1. The van der Waals surface area contributed by atoms with Crippen LogP contribution in [0, 0.1) is 0 Å². The van der Waals surface area contributed by atoms with Gasteiger partial charge < -0.3 is 10.1 Å². The van der Waals surface area contributed by atoms with Gasteiger partial charge in [-0.25, -0.2) is 5.84 Å². The maximum atomic E-state index is 12.7. The molecule has 118 valence electrons. The summed E-state index contributed by atoms with van der Waals surface area (Å²) in [6.45, 7) is 0.919. The molecule has 1 aromatic carbocycles. The minimum Gasteiger partial charge on any atom is -0.385 e. The van der Waals surface area contributed by atoms with Gasteiger partial charge in [-0.05, 0) is 24.6 Å². The average Bonchev–Trinajstić information content (AvgIpc) is 2.43. The number of methoxy groups -OCH3 is 1. The van der Waals surface area contributed by atoms with E-state index in [9.17, 15) is 13.2 Å². The lowest BCUT2D eigenvalue weighted by molar-refractivity contribution is -0.137. The fourth-order valence-electron chi connectivity index (χ4n) is 1.45. The predicted molar refractivity (Wildman–Crippen MR) is 76.2 cm³/mol. The van der Waals surface area contributed by atoms with E-state index in [4.69, 9.17) is 22.2 Å². The molecule has 9 heteroatoms. The number of ether oxygens (including phenoxy) is 1. The summed E-state index contributed by atoms with van der Waals surface area (Å²) in [5.41, 5.74) is 1.52. The van der Waals surface area contributed by atoms with Crippen LogP contribution in [0.5, 0.6) is 0 Å². The predicted octanol–water partition coefficient (Wildman–Crippen LogP) is 2.63. The zero-order valence-electron chi connectivity index (χ0n) is 11.3. The standard InChI is InChI=1S/C12H16ClF3N4O/c1-21-6-2-5-18-11(20-17)19-10-7-8(12(14,15)16)3-4-9(10)13/h3-4,7H,2,5-6,17H2,1H3,(H2,18,19,20). The lowest BCUT2D eigenvalue weighted by atomic mass is 10.2. The van der Waals surface area contributed by atoms with E-state index >= 15 is 0 Å². The number of hydrazine groups is 1. The van der Waals surface area contributed by atoms with Crippen molar-refractivity contribution in [1.82, 2.24) is 5.43 Å². The monoisotopic (exact) mass is 324 g/mol. The summed E-state index contributed by atoms with van der Waals surface area (Å²) in [5, 5.41) is 2.76. The van der Waals surface area contributed by atoms with E-state index in [0.29, 0.717) is 19.6 Å². The number of anilines is 1. The van der Waals surface area contributed by atoms with E-state index in [1.54, 1.807) is 7.11 Å². The van der Waals surface area contributed by atoms with Crippen molar-refractivity contribution in [1.29, 1.82) is 0 Å². The Bertz CT molecular complexity index is 494. The third kappa shape index (κ3) is 5.78. The third-order valence-corrected chi connectivity index (χ3v) is 2.79. The molecular formula is C12H16ClF3N4O. The number of nitrogens with one attached hydrogen (secondary N) is 2. The molecule has 0 saturated heterocycles. The number of benzene rings is 1. The maximum Gasteiger partial charge on any atom is 0.416 e. The smallest absolute Gasteiger partial charge is 0.385 e. The molecule has 0 fully saturated rings. The number of alkyl halides is 3. The normalized spacial score (nSPS) is 12.4. The second kappa shape index (κ2) is 8.06. The van der Waals surface area contributed by atoms with Gasteiger partial charge in [-0.15, -0.1) is 0 Å². The molecule has 0 aliphatic heterocycles. The topological polar surface area (TPSA) is 71.7 Å². The van der Waals surface area contributed by atoms with E-state index in [1.807, 2.05) is 0 Å². The first-order valence-corrected chi connectivity index (χ1v) is 6.40.